The number of aryl methyl sites for hydroxylation is 1. The Balaban J connectivity index is 1.99. The number of hydrogen-bond donors (Lipinski definition) is 2. The van der Waals surface area contributed by atoms with Crippen molar-refractivity contribution in [2.75, 3.05) is 11.5 Å². The quantitative estimate of drug-likeness (QED) is 0.821. The van der Waals surface area contributed by atoms with Crippen LogP contribution in [0.25, 0.3) is 0 Å². The highest BCUT2D eigenvalue weighted by Crippen LogP contribution is 2.28. The van der Waals surface area contributed by atoms with Gasteiger partial charge < -0.3 is 9.63 Å². The molecule has 16 heavy (non-hydrogen) atoms. The third-order valence-electron chi connectivity index (χ3n) is 2.71. The third kappa shape index (κ3) is 2.22. The Morgan fingerprint density at radius 1 is 1.81 bits per heavy atom. The molecule has 0 bridgehead atoms. The first-order valence-electron chi connectivity index (χ1n) is 5.11. The predicted molar refractivity (Wildman–Crippen MR) is 60.4 cm³/mol. The van der Waals surface area contributed by atoms with Crippen LogP contribution in [0.2, 0.25) is 0 Å². The number of carbonyl (C=O) groups is 1. The molecule has 0 radical (unpaired) electrons. The van der Waals surface area contributed by atoms with E-state index in [9.17, 15) is 9.90 Å². The highest BCUT2D eigenvalue weighted by atomic mass is 32.2. The van der Waals surface area contributed by atoms with Gasteiger partial charge in [-0.3, -0.25) is 10.1 Å². The molecule has 1 saturated heterocycles. The van der Waals surface area contributed by atoms with Gasteiger partial charge >= 0.3 is 5.97 Å². The standard InChI is InChI=1S/C10H14N2O3S/c1-7-4-8(15-12-7)5-11-10(9(13)14)2-3-16-6-10/h4,11H,2-3,5-6H2,1H3,(H,13,14). The van der Waals surface area contributed by atoms with E-state index in [1.807, 2.05) is 13.0 Å². The highest BCUT2D eigenvalue weighted by Gasteiger charge is 2.41. The summed E-state index contributed by atoms with van der Waals surface area (Å²) in [7, 11) is 0. The molecule has 1 aromatic rings. The number of rotatable bonds is 4. The number of nitrogens with one attached hydrogen (secondary N) is 1. The van der Waals surface area contributed by atoms with Crippen molar-refractivity contribution in [2.24, 2.45) is 0 Å². The van der Waals surface area contributed by atoms with Gasteiger partial charge in [0.2, 0.25) is 0 Å². The van der Waals surface area contributed by atoms with Crippen LogP contribution >= 0.6 is 11.8 Å². The molecule has 1 fully saturated rings. The number of aliphatic carboxylic acids is 1. The van der Waals surface area contributed by atoms with Crippen molar-refractivity contribution in [2.45, 2.75) is 25.4 Å². The fourth-order valence-electron chi connectivity index (χ4n) is 1.70. The number of nitrogens with zero attached hydrogens (tertiary/aromatic N) is 1. The van der Waals surface area contributed by atoms with Crippen LogP contribution in [0.4, 0.5) is 0 Å². The summed E-state index contributed by atoms with van der Waals surface area (Å²) in [5.41, 5.74) is 0.00714. The van der Waals surface area contributed by atoms with Gasteiger partial charge in [0.05, 0.1) is 12.2 Å². The van der Waals surface area contributed by atoms with Gasteiger partial charge in [-0.15, -0.1) is 0 Å². The van der Waals surface area contributed by atoms with Gasteiger partial charge in [-0.1, -0.05) is 5.16 Å². The molecule has 6 heteroatoms. The van der Waals surface area contributed by atoms with Gasteiger partial charge in [-0.25, -0.2) is 0 Å². The van der Waals surface area contributed by atoms with Crippen molar-refractivity contribution in [3.05, 3.63) is 17.5 Å². The summed E-state index contributed by atoms with van der Waals surface area (Å²) in [5, 5.41) is 16.1. The van der Waals surface area contributed by atoms with E-state index in [0.29, 0.717) is 24.5 Å². The highest BCUT2D eigenvalue weighted by molar-refractivity contribution is 7.99. The van der Waals surface area contributed by atoms with Crippen LogP contribution in [0, 0.1) is 6.92 Å². The van der Waals surface area contributed by atoms with Gasteiger partial charge in [0.15, 0.2) is 5.76 Å². The van der Waals surface area contributed by atoms with E-state index in [4.69, 9.17) is 4.52 Å². The van der Waals surface area contributed by atoms with E-state index < -0.39 is 11.5 Å². The summed E-state index contributed by atoms with van der Waals surface area (Å²) < 4.78 is 5.04. The zero-order chi connectivity index (χ0) is 11.6. The first kappa shape index (κ1) is 11.5. The minimum atomic E-state index is -0.800. The van der Waals surface area contributed by atoms with Crippen molar-refractivity contribution >= 4 is 17.7 Å². The molecule has 0 amide bonds. The number of aromatic nitrogens is 1. The van der Waals surface area contributed by atoms with Crippen molar-refractivity contribution in [3.63, 3.8) is 0 Å². The topological polar surface area (TPSA) is 75.4 Å². The summed E-state index contributed by atoms with van der Waals surface area (Å²) in [6, 6.07) is 1.81. The minimum absolute atomic E-state index is 0.410. The fraction of sp³-hybridized carbons (Fsp3) is 0.600. The fourth-order valence-corrected chi connectivity index (χ4v) is 3.06. The largest absolute Gasteiger partial charge is 0.480 e. The first-order chi connectivity index (χ1) is 7.62. The average Bonchev–Trinajstić information content (AvgIpc) is 2.84. The Morgan fingerprint density at radius 3 is 3.12 bits per heavy atom. The molecule has 0 spiro atoms. The van der Waals surface area contributed by atoms with Crippen molar-refractivity contribution in [1.29, 1.82) is 0 Å². The SMILES string of the molecule is Cc1cc(CNC2(C(=O)O)CCSC2)on1. The number of carboxylic acid groups (broad SMARTS) is 1. The maximum Gasteiger partial charge on any atom is 0.324 e. The Labute approximate surface area is 97.6 Å². The monoisotopic (exact) mass is 242 g/mol. The average molecular weight is 242 g/mol. The van der Waals surface area contributed by atoms with Crippen molar-refractivity contribution in [3.8, 4) is 0 Å². The molecule has 5 nitrogen and oxygen atoms in total. The second kappa shape index (κ2) is 4.47. The summed E-state index contributed by atoms with van der Waals surface area (Å²) in [6.45, 7) is 2.25. The molecule has 2 N–H and O–H groups in total. The van der Waals surface area contributed by atoms with Crippen molar-refractivity contribution < 1.29 is 14.4 Å². The Hall–Kier alpha value is -1.01. The summed E-state index contributed by atoms with van der Waals surface area (Å²) in [6.07, 6.45) is 0.653. The zero-order valence-electron chi connectivity index (χ0n) is 9.02. The number of carboxylic acids is 1. The first-order valence-corrected chi connectivity index (χ1v) is 6.26. The van der Waals surface area contributed by atoms with Crippen LogP contribution in [0.1, 0.15) is 17.9 Å². The predicted octanol–water partition coefficient (Wildman–Crippen LogP) is 1.03. The molecule has 1 unspecified atom stereocenters. The molecule has 2 heterocycles. The number of thioether (sulfide) groups is 1. The second-order valence-corrected chi connectivity index (χ2v) is 5.08. The van der Waals surface area contributed by atoms with Gasteiger partial charge in [0, 0.05) is 11.8 Å². The van der Waals surface area contributed by atoms with E-state index in [0.717, 1.165) is 11.4 Å². The molecule has 1 aliphatic heterocycles. The summed E-state index contributed by atoms with van der Waals surface area (Å²) in [5.74, 6) is 1.38. The van der Waals surface area contributed by atoms with E-state index in [1.54, 1.807) is 11.8 Å². The summed E-state index contributed by atoms with van der Waals surface area (Å²) >= 11 is 1.66. The maximum absolute atomic E-state index is 11.2. The lowest BCUT2D eigenvalue weighted by molar-refractivity contribution is -0.143. The second-order valence-electron chi connectivity index (χ2n) is 3.98. The van der Waals surface area contributed by atoms with Crippen LogP contribution in [0.3, 0.4) is 0 Å². The van der Waals surface area contributed by atoms with E-state index in [1.165, 1.54) is 0 Å². The lowest BCUT2D eigenvalue weighted by Crippen LogP contribution is -2.51. The van der Waals surface area contributed by atoms with Gasteiger partial charge in [0.1, 0.15) is 5.54 Å². The van der Waals surface area contributed by atoms with Crippen LogP contribution < -0.4 is 5.32 Å². The molecule has 0 saturated carbocycles. The molecule has 1 atom stereocenters. The van der Waals surface area contributed by atoms with Crippen molar-refractivity contribution in [1.82, 2.24) is 10.5 Å². The Bertz CT molecular complexity index is 385. The molecule has 0 aromatic carbocycles. The normalized spacial score (nSPS) is 24.8. The molecule has 88 valence electrons. The van der Waals surface area contributed by atoms with Crippen LogP contribution in [0.5, 0.6) is 0 Å². The van der Waals surface area contributed by atoms with E-state index >= 15 is 0 Å². The summed E-state index contributed by atoms with van der Waals surface area (Å²) in [4.78, 5) is 11.2. The lowest BCUT2D eigenvalue weighted by Gasteiger charge is -2.23. The van der Waals surface area contributed by atoms with Crippen LogP contribution in [-0.4, -0.2) is 33.3 Å². The number of hydrogen-bond acceptors (Lipinski definition) is 5. The third-order valence-corrected chi connectivity index (χ3v) is 3.90. The molecular formula is C10H14N2O3S. The molecular weight excluding hydrogens is 228 g/mol. The van der Waals surface area contributed by atoms with E-state index in [-0.39, 0.29) is 0 Å². The Kier molecular flexibility index (Phi) is 3.20. The van der Waals surface area contributed by atoms with E-state index in [2.05, 4.69) is 10.5 Å². The van der Waals surface area contributed by atoms with Crippen LogP contribution in [-0.2, 0) is 11.3 Å². The van der Waals surface area contributed by atoms with Crippen LogP contribution in [0.15, 0.2) is 10.6 Å². The van der Waals surface area contributed by atoms with Gasteiger partial charge in [-0.05, 0) is 19.1 Å². The molecule has 1 aliphatic rings. The maximum atomic E-state index is 11.2. The Morgan fingerprint density at radius 2 is 2.62 bits per heavy atom. The lowest BCUT2D eigenvalue weighted by atomic mass is 9.99. The van der Waals surface area contributed by atoms with Gasteiger partial charge in [-0.2, -0.15) is 11.8 Å². The van der Waals surface area contributed by atoms with Gasteiger partial charge in [0.25, 0.3) is 0 Å². The molecule has 2 rings (SSSR count). The molecule has 0 aliphatic carbocycles. The minimum Gasteiger partial charge on any atom is -0.480 e. The smallest absolute Gasteiger partial charge is 0.324 e. The molecule has 1 aromatic heterocycles. The zero-order valence-corrected chi connectivity index (χ0v) is 9.84.